The molecule has 4 aliphatic rings. The van der Waals surface area contributed by atoms with Gasteiger partial charge in [-0.2, -0.15) is 0 Å². The minimum Gasteiger partial charge on any atom is -0.396 e. The van der Waals surface area contributed by atoms with Crippen LogP contribution in [0.3, 0.4) is 0 Å². The summed E-state index contributed by atoms with van der Waals surface area (Å²) in [5, 5.41) is 14.7. The molecular formula is C25H39NO2. The van der Waals surface area contributed by atoms with Crippen LogP contribution in [0.4, 0.5) is 0 Å². The normalized spacial score (nSPS) is 43.0. The van der Waals surface area contributed by atoms with Crippen LogP contribution in [-0.2, 0) is 4.84 Å². The number of fused-ring (bicyclic) bond motifs is 5. The van der Waals surface area contributed by atoms with Crippen LogP contribution < -0.4 is 0 Å². The van der Waals surface area contributed by atoms with Gasteiger partial charge in [0.15, 0.2) is 0 Å². The van der Waals surface area contributed by atoms with E-state index >= 15 is 0 Å². The van der Waals surface area contributed by atoms with E-state index in [-0.39, 0.29) is 11.5 Å². The van der Waals surface area contributed by atoms with Gasteiger partial charge in [-0.05, 0) is 80.5 Å². The third-order valence-electron chi connectivity index (χ3n) is 8.67. The molecule has 0 heterocycles. The molecule has 156 valence electrons. The van der Waals surface area contributed by atoms with E-state index in [9.17, 15) is 5.11 Å². The van der Waals surface area contributed by atoms with Gasteiger partial charge in [0, 0.05) is 5.92 Å². The van der Waals surface area contributed by atoms with Crippen molar-refractivity contribution in [2.45, 2.75) is 85.7 Å². The first kappa shape index (κ1) is 20.2. The van der Waals surface area contributed by atoms with Crippen LogP contribution in [0.2, 0.25) is 0 Å². The summed E-state index contributed by atoms with van der Waals surface area (Å²) in [6.07, 6.45) is 12.7. The van der Waals surface area contributed by atoms with Gasteiger partial charge in [-0.25, -0.2) is 0 Å². The molecule has 4 rings (SSSR count). The summed E-state index contributed by atoms with van der Waals surface area (Å²) >= 11 is 0. The van der Waals surface area contributed by atoms with Gasteiger partial charge in [-0.1, -0.05) is 56.1 Å². The second-order valence-electron chi connectivity index (χ2n) is 10.9. The molecule has 0 spiro atoms. The SMILES string of the molecule is CC(=NOCC(C)C)[C@H]1CC[C@H]2C3=CC=C4CC(O)CC[C@]4(C)[C@H]3CC[C@]12C. The van der Waals surface area contributed by atoms with Crippen LogP contribution in [0.1, 0.15) is 79.6 Å². The highest BCUT2D eigenvalue weighted by molar-refractivity contribution is 5.85. The highest BCUT2D eigenvalue weighted by Gasteiger charge is 2.56. The predicted molar refractivity (Wildman–Crippen MR) is 115 cm³/mol. The van der Waals surface area contributed by atoms with Crippen molar-refractivity contribution >= 4 is 5.71 Å². The van der Waals surface area contributed by atoms with E-state index in [4.69, 9.17) is 4.84 Å². The number of oxime groups is 1. The maximum atomic E-state index is 10.2. The zero-order valence-corrected chi connectivity index (χ0v) is 18.5. The molecule has 6 atom stereocenters. The molecule has 0 saturated heterocycles. The van der Waals surface area contributed by atoms with Crippen LogP contribution in [-0.4, -0.2) is 23.5 Å². The summed E-state index contributed by atoms with van der Waals surface area (Å²) in [5.74, 6) is 2.40. The Balaban J connectivity index is 1.58. The van der Waals surface area contributed by atoms with E-state index in [0.717, 1.165) is 19.3 Å². The first-order valence-corrected chi connectivity index (χ1v) is 11.5. The molecule has 3 fully saturated rings. The standard InChI is InChI=1S/C25H39NO2/c1-16(2)15-28-26-17(3)21-8-9-22-20-7-6-18-14-19(27)10-12-24(18,4)23(20)11-13-25(21,22)5/h6-7,16,19,21-23,27H,8-15H2,1-5H3/t19?,21-,22+,23+,24+,25-/m1/s1. The fourth-order valence-electron chi connectivity index (χ4n) is 7.02. The highest BCUT2D eigenvalue weighted by atomic mass is 16.6. The van der Waals surface area contributed by atoms with Crippen molar-refractivity contribution in [3.8, 4) is 0 Å². The molecule has 28 heavy (non-hydrogen) atoms. The van der Waals surface area contributed by atoms with Crippen LogP contribution >= 0.6 is 0 Å². The molecule has 0 amide bonds. The zero-order valence-electron chi connectivity index (χ0n) is 18.5. The lowest BCUT2D eigenvalue weighted by Crippen LogP contribution is -2.46. The largest absolute Gasteiger partial charge is 0.396 e. The Bertz CT molecular complexity index is 705. The first-order valence-electron chi connectivity index (χ1n) is 11.5. The fourth-order valence-corrected chi connectivity index (χ4v) is 7.02. The smallest absolute Gasteiger partial charge is 0.119 e. The lowest BCUT2D eigenvalue weighted by atomic mass is 9.50. The van der Waals surface area contributed by atoms with E-state index in [1.54, 1.807) is 5.57 Å². The van der Waals surface area contributed by atoms with Gasteiger partial charge in [-0.15, -0.1) is 0 Å². The summed E-state index contributed by atoms with van der Waals surface area (Å²) in [6, 6.07) is 0. The van der Waals surface area contributed by atoms with Gasteiger partial charge in [-0.3, -0.25) is 0 Å². The van der Waals surface area contributed by atoms with Crippen molar-refractivity contribution in [3.63, 3.8) is 0 Å². The van der Waals surface area contributed by atoms with Crippen molar-refractivity contribution in [3.05, 3.63) is 23.3 Å². The Labute approximate surface area is 171 Å². The molecule has 0 aromatic rings. The van der Waals surface area contributed by atoms with E-state index in [1.165, 1.54) is 37.0 Å². The Morgan fingerprint density at radius 2 is 1.93 bits per heavy atom. The zero-order chi connectivity index (χ0) is 20.1. The maximum absolute atomic E-state index is 10.2. The minimum atomic E-state index is -0.135. The van der Waals surface area contributed by atoms with E-state index < -0.39 is 0 Å². The number of hydrogen-bond donors (Lipinski definition) is 1. The lowest BCUT2D eigenvalue weighted by Gasteiger charge is -2.54. The fraction of sp³-hybridized carbons (Fsp3) is 0.800. The van der Waals surface area contributed by atoms with Crippen LogP contribution in [0, 0.1) is 34.5 Å². The first-order chi connectivity index (χ1) is 13.3. The van der Waals surface area contributed by atoms with Crippen molar-refractivity contribution in [1.82, 2.24) is 0 Å². The summed E-state index contributed by atoms with van der Waals surface area (Å²) in [6.45, 7) is 12.2. The molecule has 3 saturated carbocycles. The number of nitrogens with zero attached hydrogens (tertiary/aromatic N) is 1. The number of rotatable bonds is 4. The average Bonchev–Trinajstić information content (AvgIpc) is 2.99. The van der Waals surface area contributed by atoms with E-state index in [0.29, 0.717) is 35.7 Å². The number of hydrogen-bond acceptors (Lipinski definition) is 3. The monoisotopic (exact) mass is 385 g/mol. The quantitative estimate of drug-likeness (QED) is 0.484. The third kappa shape index (κ3) is 3.18. The summed E-state index contributed by atoms with van der Waals surface area (Å²) in [5.41, 5.74) is 4.98. The predicted octanol–water partition coefficient (Wildman–Crippen LogP) is 5.89. The second-order valence-corrected chi connectivity index (χ2v) is 10.9. The molecule has 0 aromatic heterocycles. The topological polar surface area (TPSA) is 41.8 Å². The van der Waals surface area contributed by atoms with Crippen LogP contribution in [0.25, 0.3) is 0 Å². The molecule has 0 bridgehead atoms. The van der Waals surface area contributed by atoms with Gasteiger partial charge in [0.05, 0.1) is 11.8 Å². The van der Waals surface area contributed by atoms with Crippen LogP contribution in [0.5, 0.6) is 0 Å². The van der Waals surface area contributed by atoms with Crippen LogP contribution in [0.15, 0.2) is 28.5 Å². The van der Waals surface area contributed by atoms with Crippen molar-refractivity contribution < 1.29 is 9.94 Å². The third-order valence-corrected chi connectivity index (χ3v) is 8.67. The molecule has 0 radical (unpaired) electrons. The molecule has 3 heteroatoms. The Morgan fingerprint density at radius 1 is 1.14 bits per heavy atom. The molecule has 1 unspecified atom stereocenters. The molecule has 0 aromatic carbocycles. The Kier molecular flexibility index (Phi) is 5.27. The second kappa shape index (κ2) is 7.31. The van der Waals surface area contributed by atoms with Gasteiger partial charge >= 0.3 is 0 Å². The van der Waals surface area contributed by atoms with Gasteiger partial charge in [0.1, 0.15) is 6.61 Å². The molecule has 1 N–H and O–H groups in total. The van der Waals surface area contributed by atoms with Gasteiger partial charge in [0.25, 0.3) is 0 Å². The molecule has 3 nitrogen and oxygen atoms in total. The lowest BCUT2D eigenvalue weighted by molar-refractivity contribution is 0.0519. The number of allylic oxidation sites excluding steroid dienone is 3. The summed E-state index contributed by atoms with van der Waals surface area (Å²) < 4.78 is 0. The average molecular weight is 386 g/mol. The van der Waals surface area contributed by atoms with Crippen molar-refractivity contribution in [1.29, 1.82) is 0 Å². The summed E-state index contributed by atoms with van der Waals surface area (Å²) in [4.78, 5) is 5.64. The molecule has 0 aliphatic heterocycles. The Hall–Kier alpha value is -1.09. The molecular weight excluding hydrogens is 346 g/mol. The van der Waals surface area contributed by atoms with Gasteiger partial charge < -0.3 is 9.94 Å². The van der Waals surface area contributed by atoms with E-state index in [1.807, 2.05) is 0 Å². The summed E-state index contributed by atoms with van der Waals surface area (Å²) in [7, 11) is 0. The number of aliphatic hydroxyl groups excluding tert-OH is 1. The van der Waals surface area contributed by atoms with Crippen molar-refractivity contribution in [2.24, 2.45) is 39.7 Å². The Morgan fingerprint density at radius 3 is 2.68 bits per heavy atom. The minimum absolute atomic E-state index is 0.135. The molecule has 4 aliphatic carbocycles. The van der Waals surface area contributed by atoms with Gasteiger partial charge in [0.2, 0.25) is 0 Å². The number of aliphatic hydroxyl groups is 1. The van der Waals surface area contributed by atoms with Crippen molar-refractivity contribution in [2.75, 3.05) is 6.61 Å². The highest BCUT2D eigenvalue weighted by Crippen LogP contribution is 2.65. The van der Waals surface area contributed by atoms with E-state index in [2.05, 4.69) is 51.9 Å². The maximum Gasteiger partial charge on any atom is 0.119 e.